The molecule has 21 heavy (non-hydrogen) atoms. The van der Waals surface area contributed by atoms with Crippen LogP contribution in [0.3, 0.4) is 0 Å². The molecule has 1 aromatic rings. The molecular formula is C16H24ClN3O. The zero-order valence-electron chi connectivity index (χ0n) is 12.5. The van der Waals surface area contributed by atoms with Crippen molar-refractivity contribution in [1.29, 1.82) is 0 Å². The van der Waals surface area contributed by atoms with Crippen LogP contribution in [0.25, 0.3) is 0 Å². The van der Waals surface area contributed by atoms with Gasteiger partial charge in [-0.25, -0.2) is 0 Å². The third kappa shape index (κ3) is 3.50. The first-order valence-electron chi connectivity index (χ1n) is 7.54. The normalized spacial score (nSPS) is 18.0. The summed E-state index contributed by atoms with van der Waals surface area (Å²) in [5, 5.41) is 3.16. The van der Waals surface area contributed by atoms with Crippen molar-refractivity contribution in [3.63, 3.8) is 0 Å². The Morgan fingerprint density at radius 2 is 1.95 bits per heavy atom. The van der Waals surface area contributed by atoms with E-state index < -0.39 is 0 Å². The third-order valence-corrected chi connectivity index (χ3v) is 4.35. The van der Waals surface area contributed by atoms with E-state index in [4.69, 9.17) is 0 Å². The number of hydrogen-bond acceptors (Lipinski definition) is 3. The highest BCUT2D eigenvalue weighted by Gasteiger charge is 2.28. The van der Waals surface area contributed by atoms with Gasteiger partial charge < -0.3 is 15.1 Å². The molecular weight excluding hydrogens is 286 g/mol. The summed E-state index contributed by atoms with van der Waals surface area (Å²) in [5.74, 6) is 0.443. The molecule has 0 spiro atoms. The second kappa shape index (κ2) is 7.14. The minimum absolute atomic E-state index is 0. The van der Waals surface area contributed by atoms with Crippen molar-refractivity contribution in [3.8, 4) is 0 Å². The van der Waals surface area contributed by atoms with E-state index in [0.717, 1.165) is 26.2 Å². The van der Waals surface area contributed by atoms with Crippen LogP contribution < -0.4 is 10.2 Å². The summed E-state index contributed by atoms with van der Waals surface area (Å²) in [4.78, 5) is 16.6. The van der Waals surface area contributed by atoms with Gasteiger partial charge in [-0.3, -0.25) is 4.79 Å². The number of anilines is 1. The highest BCUT2D eigenvalue weighted by molar-refractivity contribution is 5.85. The Morgan fingerprint density at radius 3 is 2.57 bits per heavy atom. The predicted octanol–water partition coefficient (Wildman–Crippen LogP) is 1.89. The zero-order chi connectivity index (χ0) is 13.9. The second-order valence-corrected chi connectivity index (χ2v) is 5.87. The molecule has 2 aliphatic rings. The maximum atomic E-state index is 12.2. The molecule has 1 amide bonds. The molecule has 116 valence electrons. The van der Waals surface area contributed by atoms with Gasteiger partial charge in [0.2, 0.25) is 5.91 Å². The van der Waals surface area contributed by atoms with Crippen LogP contribution in [-0.4, -0.2) is 44.0 Å². The van der Waals surface area contributed by atoms with Crippen molar-refractivity contribution >= 4 is 24.0 Å². The van der Waals surface area contributed by atoms with E-state index in [1.807, 2.05) is 11.9 Å². The van der Waals surface area contributed by atoms with Gasteiger partial charge >= 0.3 is 0 Å². The van der Waals surface area contributed by atoms with Gasteiger partial charge in [0.25, 0.3) is 0 Å². The highest BCUT2D eigenvalue weighted by Crippen LogP contribution is 2.25. The summed E-state index contributed by atoms with van der Waals surface area (Å²) in [5.41, 5.74) is 2.56. The van der Waals surface area contributed by atoms with Gasteiger partial charge in [0, 0.05) is 45.5 Å². The van der Waals surface area contributed by atoms with E-state index in [0.29, 0.717) is 6.54 Å². The van der Waals surface area contributed by atoms with Crippen LogP contribution in [0.2, 0.25) is 0 Å². The number of benzene rings is 1. The average Bonchev–Trinajstić information content (AvgIpc) is 2.91. The van der Waals surface area contributed by atoms with Crippen LogP contribution in [0.5, 0.6) is 0 Å². The number of nitrogens with one attached hydrogen (secondary N) is 1. The number of nitrogens with zero attached hydrogens (tertiary/aromatic N) is 2. The summed E-state index contributed by atoms with van der Waals surface area (Å²) >= 11 is 0. The largest absolute Gasteiger partial charge is 0.371 e. The minimum Gasteiger partial charge on any atom is -0.371 e. The minimum atomic E-state index is 0. The van der Waals surface area contributed by atoms with Crippen LogP contribution in [0.15, 0.2) is 24.3 Å². The summed E-state index contributed by atoms with van der Waals surface area (Å²) in [7, 11) is 1.92. The lowest BCUT2D eigenvalue weighted by Gasteiger charge is -2.31. The zero-order valence-corrected chi connectivity index (χ0v) is 13.4. The van der Waals surface area contributed by atoms with E-state index in [1.54, 1.807) is 0 Å². The Labute approximate surface area is 132 Å². The first-order valence-corrected chi connectivity index (χ1v) is 7.54. The molecule has 0 radical (unpaired) electrons. The SMILES string of the molecule is CN(Cc1ccccc1N1CCCC1)C(=O)C1CNC1.Cl. The van der Waals surface area contributed by atoms with Crippen molar-refractivity contribution in [3.05, 3.63) is 29.8 Å². The fraction of sp³-hybridized carbons (Fsp3) is 0.562. The molecule has 0 aromatic heterocycles. The highest BCUT2D eigenvalue weighted by atomic mass is 35.5. The van der Waals surface area contributed by atoms with Crippen LogP contribution in [-0.2, 0) is 11.3 Å². The van der Waals surface area contributed by atoms with Gasteiger partial charge in [0.15, 0.2) is 0 Å². The second-order valence-electron chi connectivity index (χ2n) is 5.87. The summed E-state index contributed by atoms with van der Waals surface area (Å²) < 4.78 is 0. The molecule has 5 heteroatoms. The number of carbonyl (C=O) groups is 1. The Bertz CT molecular complexity index is 484. The molecule has 0 unspecified atom stereocenters. The number of hydrogen-bond donors (Lipinski definition) is 1. The lowest BCUT2D eigenvalue weighted by atomic mass is 10.0. The molecule has 2 saturated heterocycles. The fourth-order valence-corrected chi connectivity index (χ4v) is 3.02. The van der Waals surface area contributed by atoms with Crippen LogP contribution >= 0.6 is 12.4 Å². The standard InChI is InChI=1S/C16H23N3O.ClH/c1-18(16(20)14-10-17-11-14)12-13-6-2-3-7-15(13)19-8-4-5-9-19;/h2-3,6-7,14,17H,4-5,8-12H2,1H3;1H. The van der Waals surface area contributed by atoms with Crippen LogP contribution in [0, 0.1) is 5.92 Å². The number of amides is 1. The molecule has 1 aromatic carbocycles. The molecule has 0 saturated carbocycles. The van der Waals surface area contributed by atoms with E-state index in [9.17, 15) is 4.79 Å². The Balaban J connectivity index is 0.00000161. The molecule has 2 heterocycles. The van der Waals surface area contributed by atoms with Crippen LogP contribution in [0.4, 0.5) is 5.69 Å². The maximum Gasteiger partial charge on any atom is 0.228 e. The summed E-state index contributed by atoms with van der Waals surface area (Å²) in [6.07, 6.45) is 2.55. The molecule has 0 atom stereocenters. The van der Waals surface area contributed by atoms with Crippen LogP contribution in [0.1, 0.15) is 18.4 Å². The maximum absolute atomic E-state index is 12.2. The number of rotatable bonds is 4. The van der Waals surface area contributed by atoms with E-state index in [-0.39, 0.29) is 24.2 Å². The van der Waals surface area contributed by atoms with Gasteiger partial charge in [-0.15, -0.1) is 12.4 Å². The first kappa shape index (κ1) is 16.1. The first-order chi connectivity index (χ1) is 9.75. The molecule has 2 aliphatic heterocycles. The summed E-state index contributed by atoms with van der Waals surface area (Å²) in [6.45, 7) is 4.65. The number of para-hydroxylation sites is 1. The molecule has 1 N–H and O–H groups in total. The van der Waals surface area contributed by atoms with Crippen molar-refractivity contribution < 1.29 is 4.79 Å². The Kier molecular flexibility index (Phi) is 5.48. The van der Waals surface area contributed by atoms with E-state index in [1.165, 1.54) is 24.1 Å². The van der Waals surface area contributed by atoms with Gasteiger partial charge in [-0.05, 0) is 24.5 Å². The molecule has 0 bridgehead atoms. The molecule has 3 rings (SSSR count). The monoisotopic (exact) mass is 309 g/mol. The van der Waals surface area contributed by atoms with Crippen molar-refractivity contribution in [1.82, 2.24) is 10.2 Å². The Morgan fingerprint density at radius 1 is 1.29 bits per heavy atom. The lowest BCUT2D eigenvalue weighted by Crippen LogP contribution is -2.51. The quantitative estimate of drug-likeness (QED) is 0.922. The smallest absolute Gasteiger partial charge is 0.228 e. The van der Waals surface area contributed by atoms with E-state index >= 15 is 0 Å². The van der Waals surface area contributed by atoms with Gasteiger partial charge in [0.1, 0.15) is 0 Å². The van der Waals surface area contributed by atoms with Crippen molar-refractivity contribution in [2.75, 3.05) is 38.1 Å². The van der Waals surface area contributed by atoms with Gasteiger partial charge in [-0.2, -0.15) is 0 Å². The Hall–Kier alpha value is -1.26. The van der Waals surface area contributed by atoms with Gasteiger partial charge in [-0.1, -0.05) is 18.2 Å². The fourth-order valence-electron chi connectivity index (χ4n) is 3.02. The summed E-state index contributed by atoms with van der Waals surface area (Å²) in [6, 6.07) is 8.49. The number of halogens is 1. The predicted molar refractivity (Wildman–Crippen MR) is 88.0 cm³/mol. The third-order valence-electron chi connectivity index (χ3n) is 4.35. The molecule has 2 fully saturated rings. The molecule has 4 nitrogen and oxygen atoms in total. The lowest BCUT2D eigenvalue weighted by molar-refractivity contribution is -0.136. The topological polar surface area (TPSA) is 35.6 Å². The van der Waals surface area contributed by atoms with Crippen molar-refractivity contribution in [2.45, 2.75) is 19.4 Å². The van der Waals surface area contributed by atoms with E-state index in [2.05, 4.69) is 34.5 Å². The van der Waals surface area contributed by atoms with Gasteiger partial charge in [0.05, 0.1) is 5.92 Å². The van der Waals surface area contributed by atoms with Crippen molar-refractivity contribution in [2.24, 2.45) is 5.92 Å². The average molecular weight is 310 g/mol. The number of carbonyl (C=O) groups excluding carboxylic acids is 1. The molecule has 0 aliphatic carbocycles.